The number of unbranched alkanes of at least 4 members (excludes halogenated alkanes) is 1. The molecular weight excluding hydrogens is 500 g/mol. The van der Waals surface area contributed by atoms with Gasteiger partial charge in [-0.3, -0.25) is 4.57 Å². The molecule has 0 spiro atoms. The Labute approximate surface area is 198 Å². The monoisotopic (exact) mass is 531 g/mol. The molecule has 172 valence electrons. The Morgan fingerprint density at radius 3 is 2.58 bits per heavy atom. The van der Waals surface area contributed by atoms with Crippen LogP contribution >= 0.6 is 35.9 Å². The van der Waals surface area contributed by atoms with Gasteiger partial charge in [0.05, 0.1) is 6.61 Å². The highest BCUT2D eigenvalue weighted by Crippen LogP contribution is 2.32. The summed E-state index contributed by atoms with van der Waals surface area (Å²) >= 11 is 5.53. The molecule has 0 heterocycles. The number of rotatable bonds is 14. The SMILES string of the molecule is CC(C)(CCCCSc1ccc(CNCCCO[PH](=O)O)cc1Br)c1ccc(F)cc1. The van der Waals surface area contributed by atoms with Crippen molar-refractivity contribution in [2.75, 3.05) is 18.9 Å². The van der Waals surface area contributed by atoms with Gasteiger partial charge in [-0.2, -0.15) is 0 Å². The van der Waals surface area contributed by atoms with Crippen LogP contribution in [-0.2, 0) is 21.0 Å². The lowest BCUT2D eigenvalue weighted by molar-refractivity contribution is 0.276. The Hall–Kier alpha value is -0.690. The van der Waals surface area contributed by atoms with Crippen molar-refractivity contribution in [3.8, 4) is 0 Å². The summed E-state index contributed by atoms with van der Waals surface area (Å²) in [4.78, 5) is 9.85. The fourth-order valence-electron chi connectivity index (χ4n) is 3.26. The van der Waals surface area contributed by atoms with Gasteiger partial charge in [-0.05, 0) is 88.3 Å². The molecule has 0 saturated carbocycles. The van der Waals surface area contributed by atoms with E-state index in [1.54, 1.807) is 12.1 Å². The molecule has 8 heteroatoms. The third kappa shape index (κ3) is 10.2. The van der Waals surface area contributed by atoms with E-state index in [1.807, 2.05) is 23.9 Å². The number of benzene rings is 2. The predicted molar refractivity (Wildman–Crippen MR) is 132 cm³/mol. The van der Waals surface area contributed by atoms with Crippen molar-refractivity contribution < 1.29 is 18.4 Å². The third-order valence-corrected chi connectivity index (χ3v) is 7.66. The molecule has 2 N–H and O–H groups in total. The zero-order chi connectivity index (χ0) is 22.7. The van der Waals surface area contributed by atoms with Crippen LogP contribution in [0.15, 0.2) is 51.8 Å². The van der Waals surface area contributed by atoms with Crippen LogP contribution in [0, 0.1) is 5.82 Å². The molecule has 0 aromatic heterocycles. The second-order valence-corrected chi connectivity index (χ2v) is 10.9. The normalized spacial score (nSPS) is 12.8. The van der Waals surface area contributed by atoms with Crippen LogP contribution in [0.3, 0.4) is 0 Å². The summed E-state index contributed by atoms with van der Waals surface area (Å²) in [5.41, 5.74) is 2.43. The van der Waals surface area contributed by atoms with Gasteiger partial charge >= 0.3 is 8.25 Å². The number of hydrogen-bond donors (Lipinski definition) is 2. The molecule has 4 nitrogen and oxygen atoms in total. The van der Waals surface area contributed by atoms with Crippen LogP contribution in [-0.4, -0.2) is 23.8 Å². The predicted octanol–water partition coefficient (Wildman–Crippen LogP) is 6.71. The molecule has 2 rings (SSSR count). The van der Waals surface area contributed by atoms with Crippen molar-refractivity contribution in [2.45, 2.75) is 56.4 Å². The maximum atomic E-state index is 13.1. The summed E-state index contributed by atoms with van der Waals surface area (Å²) in [6, 6.07) is 13.3. The van der Waals surface area contributed by atoms with Crippen LogP contribution < -0.4 is 5.32 Å². The average molecular weight is 532 g/mol. The summed E-state index contributed by atoms with van der Waals surface area (Å²) in [5.74, 6) is 0.874. The molecule has 2 aromatic rings. The summed E-state index contributed by atoms with van der Waals surface area (Å²) < 4.78 is 29.4. The average Bonchev–Trinajstić information content (AvgIpc) is 2.71. The van der Waals surface area contributed by atoms with Gasteiger partial charge in [-0.1, -0.05) is 38.5 Å². The zero-order valence-electron chi connectivity index (χ0n) is 18.1. The smallest absolute Gasteiger partial charge is 0.316 e. The molecule has 0 saturated heterocycles. The Morgan fingerprint density at radius 2 is 1.90 bits per heavy atom. The van der Waals surface area contributed by atoms with Gasteiger partial charge < -0.3 is 14.7 Å². The molecule has 0 bridgehead atoms. The molecule has 31 heavy (non-hydrogen) atoms. The molecule has 1 atom stereocenters. The van der Waals surface area contributed by atoms with E-state index in [-0.39, 0.29) is 11.2 Å². The lowest BCUT2D eigenvalue weighted by Crippen LogP contribution is -2.17. The van der Waals surface area contributed by atoms with E-state index in [4.69, 9.17) is 4.89 Å². The molecule has 1 unspecified atom stereocenters. The van der Waals surface area contributed by atoms with E-state index in [0.717, 1.165) is 42.6 Å². The minimum Gasteiger partial charge on any atom is -0.326 e. The number of halogens is 2. The minimum atomic E-state index is -2.82. The fraction of sp³-hybridized carbons (Fsp3) is 0.478. The first-order valence-electron chi connectivity index (χ1n) is 10.5. The van der Waals surface area contributed by atoms with Crippen LogP contribution in [0.4, 0.5) is 4.39 Å². The molecule has 0 aliphatic rings. The van der Waals surface area contributed by atoms with Gasteiger partial charge in [0.1, 0.15) is 5.82 Å². The topological polar surface area (TPSA) is 58.6 Å². The zero-order valence-corrected chi connectivity index (χ0v) is 21.5. The maximum absolute atomic E-state index is 13.1. The maximum Gasteiger partial charge on any atom is 0.316 e. The van der Waals surface area contributed by atoms with Crippen molar-refractivity contribution >= 4 is 35.9 Å². The standard InChI is InChI=1S/C23H32BrFNO3PS/c1-23(2,19-7-9-20(25)10-8-19)12-3-4-15-31-22-11-6-18(16-21(22)24)17-26-13-5-14-29-30(27)28/h6-11,16,26,30H,3-5,12-15,17H2,1-2H3,(H,27,28). The summed E-state index contributed by atoms with van der Waals surface area (Å²) in [6.45, 7) is 6.21. The molecule has 2 aromatic carbocycles. The molecule has 0 fully saturated rings. The van der Waals surface area contributed by atoms with E-state index in [9.17, 15) is 8.96 Å². The quantitative estimate of drug-likeness (QED) is 0.161. The second kappa shape index (κ2) is 13.8. The lowest BCUT2D eigenvalue weighted by atomic mass is 9.80. The second-order valence-electron chi connectivity index (χ2n) is 8.11. The Balaban J connectivity index is 1.66. The highest BCUT2D eigenvalue weighted by atomic mass is 79.9. The van der Waals surface area contributed by atoms with Gasteiger partial charge in [0, 0.05) is 15.9 Å². The van der Waals surface area contributed by atoms with E-state index < -0.39 is 8.25 Å². The van der Waals surface area contributed by atoms with E-state index in [0.29, 0.717) is 13.0 Å². The van der Waals surface area contributed by atoms with Crippen LogP contribution in [0.2, 0.25) is 0 Å². The fourth-order valence-corrected chi connectivity index (χ4v) is 5.28. The first-order valence-corrected chi connectivity index (χ1v) is 13.6. The first kappa shape index (κ1) is 26.6. The van der Waals surface area contributed by atoms with Gasteiger partial charge in [0.25, 0.3) is 0 Å². The van der Waals surface area contributed by atoms with Crippen molar-refractivity contribution in [2.24, 2.45) is 0 Å². The Morgan fingerprint density at radius 1 is 1.16 bits per heavy atom. The van der Waals surface area contributed by atoms with Gasteiger partial charge in [0.15, 0.2) is 0 Å². The Bertz CT molecular complexity index is 836. The van der Waals surface area contributed by atoms with Crippen molar-refractivity contribution in [3.05, 3.63) is 63.9 Å². The van der Waals surface area contributed by atoms with Crippen LogP contribution in [0.5, 0.6) is 0 Å². The lowest BCUT2D eigenvalue weighted by Gasteiger charge is -2.25. The molecule has 0 radical (unpaired) electrons. The highest BCUT2D eigenvalue weighted by molar-refractivity contribution is 9.10. The van der Waals surface area contributed by atoms with E-state index in [2.05, 4.69) is 57.8 Å². The van der Waals surface area contributed by atoms with E-state index in [1.165, 1.54) is 16.0 Å². The molecular formula is C23H32BrFNO3PS. The number of hydrogen-bond acceptors (Lipinski definition) is 4. The summed E-state index contributed by atoms with van der Waals surface area (Å²) in [5, 5.41) is 3.31. The molecule has 0 aliphatic carbocycles. The molecule has 0 amide bonds. The van der Waals surface area contributed by atoms with Crippen LogP contribution in [0.25, 0.3) is 0 Å². The minimum absolute atomic E-state index is 0.0515. The van der Waals surface area contributed by atoms with Gasteiger partial charge in [-0.15, -0.1) is 11.8 Å². The van der Waals surface area contributed by atoms with Gasteiger partial charge in [0.2, 0.25) is 0 Å². The summed E-state index contributed by atoms with van der Waals surface area (Å²) in [6.07, 6.45) is 4.04. The van der Waals surface area contributed by atoms with Crippen molar-refractivity contribution in [1.82, 2.24) is 5.32 Å². The Kier molecular flexibility index (Phi) is 11.8. The van der Waals surface area contributed by atoms with Gasteiger partial charge in [-0.25, -0.2) is 4.39 Å². The number of nitrogens with one attached hydrogen (secondary N) is 1. The third-order valence-electron chi connectivity index (χ3n) is 5.13. The number of thioether (sulfide) groups is 1. The van der Waals surface area contributed by atoms with Crippen molar-refractivity contribution in [1.29, 1.82) is 0 Å². The largest absolute Gasteiger partial charge is 0.326 e. The first-order chi connectivity index (χ1) is 14.8. The highest BCUT2D eigenvalue weighted by Gasteiger charge is 2.19. The van der Waals surface area contributed by atoms with Crippen LogP contribution in [0.1, 0.15) is 50.7 Å². The molecule has 0 aliphatic heterocycles. The van der Waals surface area contributed by atoms with E-state index >= 15 is 0 Å². The summed E-state index contributed by atoms with van der Waals surface area (Å²) in [7, 11) is -2.82. The van der Waals surface area contributed by atoms with Crippen molar-refractivity contribution in [3.63, 3.8) is 0 Å².